The Bertz CT molecular complexity index is 1000. The molecule has 13 nitrogen and oxygen atoms in total. The van der Waals surface area contributed by atoms with E-state index in [0.717, 1.165) is 25.6 Å². The topological polar surface area (TPSA) is 176 Å². The average Bonchev–Trinajstić information content (AvgIpc) is 2.75. The van der Waals surface area contributed by atoms with Gasteiger partial charge in [0.15, 0.2) is 5.69 Å². The SMILES string of the molecule is COC(=O)c1ncc(Cl)cc1S[C@H]1O[C@H](COC(C)=O)[C@H](OC(C)=O)[C@H](N=[N+]=[N-])[C@H]1OC(C)=O. The van der Waals surface area contributed by atoms with E-state index in [1.165, 1.54) is 26.3 Å². The zero-order valence-corrected chi connectivity index (χ0v) is 20.1. The molecule has 0 bridgehead atoms. The lowest BCUT2D eigenvalue weighted by Gasteiger charge is -2.43. The highest BCUT2D eigenvalue weighted by atomic mass is 35.5. The molecule has 1 aliphatic heterocycles. The van der Waals surface area contributed by atoms with Gasteiger partial charge in [-0.25, -0.2) is 9.78 Å². The molecule has 0 aromatic carbocycles. The van der Waals surface area contributed by atoms with Gasteiger partial charge in [0, 0.05) is 36.8 Å². The largest absolute Gasteiger partial charge is 0.464 e. The number of esters is 4. The van der Waals surface area contributed by atoms with Crippen LogP contribution in [0.1, 0.15) is 31.3 Å². The molecule has 1 saturated heterocycles. The van der Waals surface area contributed by atoms with Crippen molar-refractivity contribution in [2.45, 2.75) is 55.5 Å². The molecule has 34 heavy (non-hydrogen) atoms. The Morgan fingerprint density at radius 1 is 1.18 bits per heavy atom. The van der Waals surface area contributed by atoms with Gasteiger partial charge < -0.3 is 23.7 Å². The molecule has 0 aliphatic carbocycles. The third-order valence-electron chi connectivity index (χ3n) is 4.30. The summed E-state index contributed by atoms with van der Waals surface area (Å²) in [5.74, 6) is -2.88. The second kappa shape index (κ2) is 12.4. The van der Waals surface area contributed by atoms with Crippen molar-refractivity contribution in [2.75, 3.05) is 13.7 Å². The van der Waals surface area contributed by atoms with E-state index in [9.17, 15) is 19.2 Å². The van der Waals surface area contributed by atoms with Crippen molar-refractivity contribution in [2.24, 2.45) is 5.11 Å². The molecule has 0 spiro atoms. The number of carbonyl (C=O) groups is 4. The van der Waals surface area contributed by atoms with Crippen molar-refractivity contribution in [3.63, 3.8) is 0 Å². The summed E-state index contributed by atoms with van der Waals surface area (Å²) in [6, 6.07) is 0.153. The lowest BCUT2D eigenvalue weighted by Crippen LogP contribution is -2.59. The van der Waals surface area contributed by atoms with Crippen molar-refractivity contribution in [1.29, 1.82) is 0 Å². The van der Waals surface area contributed by atoms with Crippen LogP contribution in [0.4, 0.5) is 0 Å². The van der Waals surface area contributed by atoms with Crippen molar-refractivity contribution in [1.82, 2.24) is 4.98 Å². The Balaban J connectivity index is 2.55. The minimum absolute atomic E-state index is 0.0962. The first-order valence-electron chi connectivity index (χ1n) is 9.65. The molecule has 2 rings (SSSR count). The number of aromatic nitrogens is 1. The Labute approximate surface area is 203 Å². The highest BCUT2D eigenvalue weighted by Crippen LogP contribution is 2.39. The number of thioether (sulfide) groups is 1. The summed E-state index contributed by atoms with van der Waals surface area (Å²) in [5, 5.41) is 3.86. The Hall–Kier alpha value is -3.06. The van der Waals surface area contributed by atoms with Crippen LogP contribution in [0.15, 0.2) is 22.3 Å². The molecule has 0 amide bonds. The molecule has 2 heterocycles. The third kappa shape index (κ3) is 7.22. The van der Waals surface area contributed by atoms with Gasteiger partial charge in [-0.2, -0.15) is 0 Å². The van der Waals surface area contributed by atoms with Crippen LogP contribution in [0.2, 0.25) is 5.02 Å². The molecule has 0 N–H and O–H groups in total. The Morgan fingerprint density at radius 2 is 1.82 bits per heavy atom. The number of hydrogen-bond acceptors (Lipinski definition) is 12. The number of carbonyl (C=O) groups excluding carboxylic acids is 4. The predicted octanol–water partition coefficient (Wildman–Crippen LogP) is 2.44. The first-order chi connectivity index (χ1) is 16.1. The third-order valence-corrected chi connectivity index (χ3v) is 5.68. The molecule has 0 radical (unpaired) electrons. The van der Waals surface area contributed by atoms with E-state index in [2.05, 4.69) is 15.0 Å². The van der Waals surface area contributed by atoms with Crippen LogP contribution in [-0.4, -0.2) is 72.4 Å². The summed E-state index contributed by atoms with van der Waals surface area (Å²) in [7, 11) is 1.17. The minimum atomic E-state index is -1.28. The van der Waals surface area contributed by atoms with E-state index in [0.29, 0.717) is 0 Å². The van der Waals surface area contributed by atoms with Gasteiger partial charge in [0.05, 0.1) is 12.1 Å². The number of pyridine rings is 1. The van der Waals surface area contributed by atoms with Gasteiger partial charge in [-0.1, -0.05) is 28.5 Å². The average molecular weight is 517 g/mol. The summed E-state index contributed by atoms with van der Waals surface area (Å²) in [4.78, 5) is 54.1. The van der Waals surface area contributed by atoms with Crippen molar-refractivity contribution >= 4 is 47.2 Å². The predicted molar refractivity (Wildman–Crippen MR) is 116 cm³/mol. The summed E-state index contributed by atoms with van der Waals surface area (Å²) in [6.07, 6.45) is -2.40. The lowest BCUT2D eigenvalue weighted by molar-refractivity contribution is -0.201. The van der Waals surface area contributed by atoms with E-state index in [1.54, 1.807) is 0 Å². The van der Waals surface area contributed by atoms with Crippen molar-refractivity contribution in [3.05, 3.63) is 33.4 Å². The lowest BCUT2D eigenvalue weighted by atomic mass is 9.97. The van der Waals surface area contributed by atoms with Crippen LogP contribution in [0, 0.1) is 0 Å². The summed E-state index contributed by atoms with van der Waals surface area (Å²) in [5.41, 5.74) is 7.92. The normalized spacial score (nSPS) is 23.7. The molecule has 1 fully saturated rings. The zero-order valence-electron chi connectivity index (χ0n) is 18.5. The van der Waals surface area contributed by atoms with E-state index < -0.39 is 53.7 Å². The van der Waals surface area contributed by atoms with Gasteiger partial charge in [-0.15, -0.1) is 0 Å². The molecule has 1 aromatic heterocycles. The van der Waals surface area contributed by atoms with Crippen LogP contribution in [0.25, 0.3) is 10.4 Å². The van der Waals surface area contributed by atoms with Gasteiger partial charge in [0.1, 0.15) is 36.4 Å². The molecule has 1 aromatic rings. The fourth-order valence-corrected chi connectivity index (χ4v) is 4.52. The van der Waals surface area contributed by atoms with E-state index in [-0.39, 0.29) is 22.2 Å². The van der Waals surface area contributed by atoms with Crippen molar-refractivity contribution < 1.29 is 42.9 Å². The van der Waals surface area contributed by atoms with Crippen molar-refractivity contribution in [3.8, 4) is 0 Å². The first kappa shape index (κ1) is 27.2. The number of ether oxygens (including phenoxy) is 5. The fourth-order valence-electron chi connectivity index (χ4n) is 3.05. The quantitative estimate of drug-likeness (QED) is 0.163. The van der Waals surface area contributed by atoms with Gasteiger partial charge >= 0.3 is 23.9 Å². The number of methoxy groups -OCH3 is 1. The molecule has 184 valence electrons. The van der Waals surface area contributed by atoms with Crippen LogP contribution < -0.4 is 0 Å². The standard InChI is InChI=1S/C19H21ClN4O9S/c1-8(25)30-7-12-16(31-9(2)26)15(23-24-21)17(32-10(3)27)19(33-12)34-13-5-11(20)6-22-14(13)18(28)29-4/h5-6,12,15-17,19H,7H2,1-4H3/t12-,15+,16+,17-,19-/m1/s1. The van der Waals surface area contributed by atoms with E-state index in [1.807, 2.05) is 0 Å². The molecular weight excluding hydrogens is 496 g/mol. The van der Waals surface area contributed by atoms with Crippen LogP contribution in [0.5, 0.6) is 0 Å². The number of rotatable bonds is 8. The van der Waals surface area contributed by atoms with Gasteiger partial charge in [-0.05, 0) is 11.6 Å². The molecular formula is C19H21ClN4O9S. The Morgan fingerprint density at radius 3 is 2.38 bits per heavy atom. The van der Waals surface area contributed by atoms with Gasteiger partial charge in [-0.3, -0.25) is 14.4 Å². The zero-order chi connectivity index (χ0) is 25.4. The number of hydrogen-bond donors (Lipinski definition) is 0. The maximum absolute atomic E-state index is 12.2. The maximum Gasteiger partial charge on any atom is 0.357 e. The highest BCUT2D eigenvalue weighted by Gasteiger charge is 2.50. The van der Waals surface area contributed by atoms with E-state index in [4.69, 9.17) is 40.8 Å². The molecule has 5 atom stereocenters. The summed E-state index contributed by atoms with van der Waals surface area (Å²) in [6.45, 7) is 3.05. The fraction of sp³-hybridized carbons (Fsp3) is 0.526. The van der Waals surface area contributed by atoms with Crippen LogP contribution in [-0.2, 0) is 38.1 Å². The molecule has 0 unspecified atom stereocenters. The second-order valence-electron chi connectivity index (χ2n) is 6.80. The molecule has 1 aliphatic rings. The van der Waals surface area contributed by atoms with E-state index >= 15 is 0 Å². The molecule has 0 saturated carbocycles. The van der Waals surface area contributed by atoms with Gasteiger partial charge in [0.25, 0.3) is 0 Å². The number of nitrogens with zero attached hydrogens (tertiary/aromatic N) is 4. The first-order valence-corrected chi connectivity index (χ1v) is 10.9. The smallest absolute Gasteiger partial charge is 0.357 e. The summed E-state index contributed by atoms with van der Waals surface area (Å²) >= 11 is 6.92. The second-order valence-corrected chi connectivity index (χ2v) is 8.38. The summed E-state index contributed by atoms with van der Waals surface area (Å²) < 4.78 is 26.4. The van der Waals surface area contributed by atoms with Gasteiger partial charge in [0.2, 0.25) is 0 Å². The molecule has 15 heteroatoms. The number of azide groups is 1. The minimum Gasteiger partial charge on any atom is -0.464 e. The Kier molecular flexibility index (Phi) is 9.93. The highest BCUT2D eigenvalue weighted by molar-refractivity contribution is 8.00. The monoisotopic (exact) mass is 516 g/mol. The number of halogens is 1. The van der Waals surface area contributed by atoms with Crippen LogP contribution in [0.3, 0.4) is 0 Å². The maximum atomic E-state index is 12.2. The van der Waals surface area contributed by atoms with Crippen LogP contribution >= 0.6 is 23.4 Å².